The Labute approximate surface area is 146 Å². The standard InChI is InChI=1S/C17H13BrF2N2O2/c1-24-16(15-13(19)6-12(18)7-14(15)20)17(23)22-9-11-4-2-10(8-21)3-5-11/h2-7,16H,9H2,1H3,(H,22,23). The largest absolute Gasteiger partial charge is 0.367 e. The summed E-state index contributed by atoms with van der Waals surface area (Å²) < 4.78 is 33.2. The van der Waals surface area contributed by atoms with Crippen LogP contribution in [-0.2, 0) is 16.1 Å². The molecule has 2 aromatic rings. The molecular weight excluding hydrogens is 382 g/mol. The molecule has 1 atom stereocenters. The summed E-state index contributed by atoms with van der Waals surface area (Å²) in [5.74, 6) is -2.41. The van der Waals surface area contributed by atoms with Gasteiger partial charge >= 0.3 is 0 Å². The summed E-state index contributed by atoms with van der Waals surface area (Å²) in [6, 6.07) is 10.7. The lowest BCUT2D eigenvalue weighted by molar-refractivity contribution is -0.131. The van der Waals surface area contributed by atoms with Gasteiger partial charge in [-0.3, -0.25) is 4.79 Å². The van der Waals surface area contributed by atoms with Crippen LogP contribution in [-0.4, -0.2) is 13.0 Å². The molecule has 0 aliphatic rings. The highest BCUT2D eigenvalue weighted by atomic mass is 79.9. The number of nitrogens with zero attached hydrogens (tertiary/aromatic N) is 1. The molecule has 1 unspecified atom stereocenters. The van der Waals surface area contributed by atoms with E-state index < -0.39 is 29.2 Å². The summed E-state index contributed by atoms with van der Waals surface area (Å²) in [7, 11) is 1.20. The Balaban J connectivity index is 2.13. The molecule has 0 saturated carbocycles. The summed E-state index contributed by atoms with van der Waals surface area (Å²) in [6.07, 6.45) is -1.41. The zero-order valence-corrected chi connectivity index (χ0v) is 14.2. The summed E-state index contributed by atoms with van der Waals surface area (Å²) in [4.78, 5) is 12.2. The normalized spacial score (nSPS) is 11.6. The van der Waals surface area contributed by atoms with Gasteiger partial charge in [-0.25, -0.2) is 8.78 Å². The number of benzene rings is 2. The second-order valence-electron chi connectivity index (χ2n) is 4.93. The van der Waals surface area contributed by atoms with Crippen LogP contribution in [0.25, 0.3) is 0 Å². The van der Waals surface area contributed by atoms with Crippen LogP contribution in [0.15, 0.2) is 40.9 Å². The van der Waals surface area contributed by atoms with Crippen molar-refractivity contribution in [2.45, 2.75) is 12.6 Å². The molecule has 0 bridgehead atoms. The van der Waals surface area contributed by atoms with E-state index >= 15 is 0 Å². The minimum Gasteiger partial charge on any atom is -0.367 e. The lowest BCUT2D eigenvalue weighted by Gasteiger charge is -2.17. The molecule has 0 fully saturated rings. The molecule has 1 N–H and O–H groups in total. The fourth-order valence-electron chi connectivity index (χ4n) is 2.14. The van der Waals surface area contributed by atoms with Gasteiger partial charge in [-0.05, 0) is 29.8 Å². The van der Waals surface area contributed by atoms with Gasteiger partial charge in [0.15, 0.2) is 6.10 Å². The van der Waals surface area contributed by atoms with Crippen LogP contribution >= 0.6 is 15.9 Å². The van der Waals surface area contributed by atoms with Crippen molar-refractivity contribution in [2.24, 2.45) is 0 Å². The van der Waals surface area contributed by atoms with Gasteiger partial charge in [0.1, 0.15) is 11.6 Å². The predicted molar refractivity (Wildman–Crippen MR) is 86.8 cm³/mol. The molecule has 0 aliphatic carbocycles. The summed E-state index contributed by atoms with van der Waals surface area (Å²) in [6.45, 7) is 0.143. The molecule has 124 valence electrons. The molecule has 0 radical (unpaired) electrons. The van der Waals surface area contributed by atoms with Crippen molar-refractivity contribution in [3.8, 4) is 6.07 Å². The Morgan fingerprint density at radius 1 is 1.29 bits per heavy atom. The number of rotatable bonds is 5. The molecule has 1 amide bonds. The van der Waals surface area contributed by atoms with Crippen LogP contribution in [0.3, 0.4) is 0 Å². The van der Waals surface area contributed by atoms with Crippen LogP contribution in [0.5, 0.6) is 0 Å². The van der Waals surface area contributed by atoms with Crippen LogP contribution in [0, 0.1) is 23.0 Å². The Bertz CT molecular complexity index is 765. The average molecular weight is 395 g/mol. The van der Waals surface area contributed by atoms with Gasteiger partial charge < -0.3 is 10.1 Å². The molecule has 0 aromatic heterocycles. The number of methoxy groups -OCH3 is 1. The maximum atomic E-state index is 14.0. The Kier molecular flexibility index (Phi) is 6.01. The van der Waals surface area contributed by atoms with Gasteiger partial charge in [0.2, 0.25) is 0 Å². The van der Waals surface area contributed by atoms with Gasteiger partial charge in [-0.15, -0.1) is 0 Å². The number of hydrogen-bond donors (Lipinski definition) is 1. The Hall–Kier alpha value is -2.30. The third-order valence-electron chi connectivity index (χ3n) is 3.33. The van der Waals surface area contributed by atoms with Crippen LogP contribution in [0.4, 0.5) is 8.78 Å². The molecule has 0 saturated heterocycles. The van der Waals surface area contributed by atoms with Crippen LogP contribution in [0.2, 0.25) is 0 Å². The smallest absolute Gasteiger partial charge is 0.254 e. The van der Waals surface area contributed by atoms with Gasteiger partial charge in [0.25, 0.3) is 5.91 Å². The van der Waals surface area contributed by atoms with E-state index in [9.17, 15) is 13.6 Å². The zero-order valence-electron chi connectivity index (χ0n) is 12.6. The van der Waals surface area contributed by atoms with E-state index in [2.05, 4.69) is 21.2 Å². The van der Waals surface area contributed by atoms with Crippen molar-refractivity contribution >= 4 is 21.8 Å². The molecule has 24 heavy (non-hydrogen) atoms. The molecule has 0 spiro atoms. The molecule has 2 aromatic carbocycles. The lowest BCUT2D eigenvalue weighted by atomic mass is 10.1. The SMILES string of the molecule is COC(C(=O)NCc1ccc(C#N)cc1)c1c(F)cc(Br)cc1F. The first kappa shape index (κ1) is 18.0. The van der Waals surface area contributed by atoms with Crippen molar-refractivity contribution in [1.82, 2.24) is 5.32 Å². The first-order valence-electron chi connectivity index (χ1n) is 6.90. The maximum Gasteiger partial charge on any atom is 0.254 e. The average Bonchev–Trinajstić information content (AvgIpc) is 2.56. The highest BCUT2D eigenvalue weighted by Crippen LogP contribution is 2.27. The predicted octanol–water partition coefficient (Wildman–Crippen LogP) is 3.60. The van der Waals surface area contributed by atoms with Gasteiger partial charge in [-0.1, -0.05) is 28.1 Å². The summed E-state index contributed by atoms with van der Waals surface area (Å²) in [5.41, 5.74) is 0.797. The number of hydrogen-bond acceptors (Lipinski definition) is 3. The van der Waals surface area contributed by atoms with Crippen molar-refractivity contribution in [3.05, 3.63) is 69.2 Å². The summed E-state index contributed by atoms with van der Waals surface area (Å²) >= 11 is 2.98. The fraction of sp³-hybridized carbons (Fsp3) is 0.176. The maximum absolute atomic E-state index is 14.0. The van der Waals surface area contributed by atoms with Crippen molar-refractivity contribution < 1.29 is 18.3 Å². The van der Waals surface area contributed by atoms with E-state index in [4.69, 9.17) is 10.00 Å². The number of amides is 1. The molecule has 7 heteroatoms. The lowest BCUT2D eigenvalue weighted by Crippen LogP contribution is -2.31. The third kappa shape index (κ3) is 4.16. The number of nitrogens with one attached hydrogen (secondary N) is 1. The van der Waals surface area contributed by atoms with Gasteiger partial charge in [0, 0.05) is 18.1 Å². The van der Waals surface area contributed by atoms with E-state index in [-0.39, 0.29) is 11.0 Å². The molecule has 0 aliphatic heterocycles. The Morgan fingerprint density at radius 2 is 1.88 bits per heavy atom. The van der Waals surface area contributed by atoms with E-state index in [0.29, 0.717) is 5.56 Å². The number of ether oxygens (including phenoxy) is 1. The first-order chi connectivity index (χ1) is 11.5. The Morgan fingerprint density at radius 3 is 2.38 bits per heavy atom. The van der Waals surface area contributed by atoms with Gasteiger partial charge in [0.05, 0.1) is 17.2 Å². The van der Waals surface area contributed by atoms with E-state index in [1.807, 2.05) is 6.07 Å². The van der Waals surface area contributed by atoms with E-state index in [1.165, 1.54) is 7.11 Å². The monoisotopic (exact) mass is 394 g/mol. The first-order valence-corrected chi connectivity index (χ1v) is 7.69. The van der Waals surface area contributed by atoms with Crippen molar-refractivity contribution in [2.75, 3.05) is 7.11 Å². The van der Waals surface area contributed by atoms with Gasteiger partial charge in [-0.2, -0.15) is 5.26 Å². The molecule has 4 nitrogen and oxygen atoms in total. The second-order valence-corrected chi connectivity index (χ2v) is 5.84. The number of nitriles is 1. The van der Waals surface area contributed by atoms with Crippen molar-refractivity contribution in [3.63, 3.8) is 0 Å². The molecule has 2 rings (SSSR count). The number of carbonyl (C=O) groups is 1. The van der Waals surface area contributed by atoms with Crippen molar-refractivity contribution in [1.29, 1.82) is 5.26 Å². The third-order valence-corrected chi connectivity index (χ3v) is 3.79. The topological polar surface area (TPSA) is 62.1 Å². The minimum atomic E-state index is -1.41. The highest BCUT2D eigenvalue weighted by molar-refractivity contribution is 9.10. The molecular formula is C17H13BrF2N2O2. The summed E-state index contributed by atoms with van der Waals surface area (Å²) in [5, 5.41) is 11.3. The minimum absolute atomic E-state index is 0.143. The fourth-order valence-corrected chi connectivity index (χ4v) is 2.54. The zero-order chi connectivity index (χ0) is 17.7. The number of carbonyl (C=O) groups excluding carboxylic acids is 1. The van der Waals surface area contributed by atoms with E-state index in [1.54, 1.807) is 24.3 Å². The number of halogens is 3. The van der Waals surface area contributed by atoms with Crippen LogP contribution < -0.4 is 5.32 Å². The van der Waals surface area contributed by atoms with E-state index in [0.717, 1.165) is 17.7 Å². The molecule has 0 heterocycles. The van der Waals surface area contributed by atoms with Crippen LogP contribution in [0.1, 0.15) is 22.8 Å². The quantitative estimate of drug-likeness (QED) is 0.842. The second kappa shape index (κ2) is 7.99. The highest BCUT2D eigenvalue weighted by Gasteiger charge is 2.27.